The Hall–Kier alpha value is -3.18. The molecule has 0 radical (unpaired) electrons. The number of aliphatic hydroxyl groups is 1. The standard InChI is InChI=1S/C69H120O5/c1-3-5-7-9-11-13-15-17-19-21-23-24-25-26-27-28-29-30-31-32-33-34-35-36-37-38-39-40-41-42-43-44-46-48-50-52-54-56-58-60-62-64-69(72)74-67(65-70)66-73-68(71)63-61-59-57-55-53-51-49-47-45-22-20-18-16-14-12-10-8-6-4-2/h5,7,11-14,17-20,23-24,26-27,45,47,67,70H,3-4,6,8-10,15-16,21-22,25,28-44,46,48-66H2,1-2H3/b7-5-,13-11-,14-12-,19-17-,20-18-,24-23-,27-26-,47-45-. The summed E-state index contributed by atoms with van der Waals surface area (Å²) in [5.74, 6) is -0.596. The third-order valence-corrected chi connectivity index (χ3v) is 13.9. The van der Waals surface area contributed by atoms with Gasteiger partial charge in [0.15, 0.2) is 6.10 Å². The van der Waals surface area contributed by atoms with Crippen LogP contribution in [0.1, 0.15) is 309 Å². The lowest BCUT2D eigenvalue weighted by Crippen LogP contribution is -2.28. The van der Waals surface area contributed by atoms with Gasteiger partial charge in [-0.2, -0.15) is 0 Å². The maximum absolute atomic E-state index is 12.3. The van der Waals surface area contributed by atoms with Crippen LogP contribution in [0.4, 0.5) is 0 Å². The van der Waals surface area contributed by atoms with Gasteiger partial charge in [0, 0.05) is 12.8 Å². The molecule has 1 N–H and O–H groups in total. The molecule has 0 saturated heterocycles. The van der Waals surface area contributed by atoms with E-state index in [2.05, 4.69) is 111 Å². The van der Waals surface area contributed by atoms with Crippen molar-refractivity contribution in [1.29, 1.82) is 0 Å². The summed E-state index contributed by atoms with van der Waals surface area (Å²) in [7, 11) is 0. The van der Waals surface area contributed by atoms with Crippen LogP contribution in [0.3, 0.4) is 0 Å². The summed E-state index contributed by atoms with van der Waals surface area (Å²) in [5.41, 5.74) is 0. The summed E-state index contributed by atoms with van der Waals surface area (Å²) in [6, 6.07) is 0. The fourth-order valence-electron chi connectivity index (χ4n) is 9.12. The Morgan fingerprint density at radius 3 is 0.878 bits per heavy atom. The van der Waals surface area contributed by atoms with Crippen LogP contribution in [0.2, 0.25) is 0 Å². The van der Waals surface area contributed by atoms with Crippen LogP contribution in [-0.4, -0.2) is 36.4 Å². The van der Waals surface area contributed by atoms with Crippen molar-refractivity contribution in [3.63, 3.8) is 0 Å². The van der Waals surface area contributed by atoms with Crippen LogP contribution >= 0.6 is 0 Å². The number of allylic oxidation sites excluding steroid dienone is 16. The van der Waals surface area contributed by atoms with Crippen molar-refractivity contribution in [2.45, 2.75) is 315 Å². The maximum Gasteiger partial charge on any atom is 0.306 e. The number of carbonyl (C=O) groups is 2. The van der Waals surface area contributed by atoms with Crippen molar-refractivity contribution < 1.29 is 24.2 Å². The molecule has 0 bridgehead atoms. The van der Waals surface area contributed by atoms with Gasteiger partial charge in [-0.25, -0.2) is 0 Å². The molecule has 0 fully saturated rings. The second kappa shape index (κ2) is 64.1. The summed E-state index contributed by atoms with van der Waals surface area (Å²) in [6.07, 6.45) is 91.3. The van der Waals surface area contributed by atoms with Gasteiger partial charge in [-0.1, -0.05) is 297 Å². The predicted octanol–water partition coefficient (Wildman–Crippen LogP) is 21.9. The lowest BCUT2D eigenvalue weighted by atomic mass is 10.0. The fraction of sp³-hybridized carbons (Fsp3) is 0.739. The van der Waals surface area contributed by atoms with Crippen molar-refractivity contribution in [2.75, 3.05) is 13.2 Å². The van der Waals surface area contributed by atoms with Gasteiger partial charge in [-0.15, -0.1) is 0 Å². The molecule has 0 aromatic carbocycles. The van der Waals surface area contributed by atoms with Crippen LogP contribution in [0.25, 0.3) is 0 Å². The average Bonchev–Trinajstić information content (AvgIpc) is 3.40. The second-order valence-corrected chi connectivity index (χ2v) is 21.1. The molecule has 0 heterocycles. The second-order valence-electron chi connectivity index (χ2n) is 21.1. The van der Waals surface area contributed by atoms with E-state index in [1.165, 1.54) is 193 Å². The Balaban J connectivity index is 3.42. The minimum Gasteiger partial charge on any atom is -0.462 e. The van der Waals surface area contributed by atoms with E-state index >= 15 is 0 Å². The molecule has 0 saturated carbocycles. The zero-order chi connectivity index (χ0) is 53.4. The van der Waals surface area contributed by atoms with E-state index in [1.54, 1.807) is 0 Å². The zero-order valence-corrected chi connectivity index (χ0v) is 48.8. The molecule has 0 aromatic rings. The quantitative estimate of drug-likeness (QED) is 0.0373. The average molecular weight is 1030 g/mol. The van der Waals surface area contributed by atoms with Gasteiger partial charge >= 0.3 is 11.9 Å². The van der Waals surface area contributed by atoms with Crippen LogP contribution in [-0.2, 0) is 19.1 Å². The van der Waals surface area contributed by atoms with E-state index in [4.69, 9.17) is 9.47 Å². The smallest absolute Gasteiger partial charge is 0.306 e. The number of carbonyl (C=O) groups excluding carboxylic acids is 2. The van der Waals surface area contributed by atoms with Crippen LogP contribution in [0.5, 0.6) is 0 Å². The summed E-state index contributed by atoms with van der Waals surface area (Å²) in [5, 5.41) is 9.66. The Bertz CT molecular complexity index is 1400. The molecule has 1 unspecified atom stereocenters. The highest BCUT2D eigenvalue weighted by molar-refractivity contribution is 5.70. The van der Waals surface area contributed by atoms with Gasteiger partial charge in [-0.3, -0.25) is 9.59 Å². The molecule has 0 aromatic heterocycles. The monoisotopic (exact) mass is 1030 g/mol. The highest BCUT2D eigenvalue weighted by Crippen LogP contribution is 2.17. The van der Waals surface area contributed by atoms with E-state index in [1.807, 2.05) is 0 Å². The number of rotatable bonds is 58. The molecule has 0 rings (SSSR count). The first-order chi connectivity index (χ1) is 36.6. The van der Waals surface area contributed by atoms with E-state index in [9.17, 15) is 14.7 Å². The Kier molecular flexibility index (Phi) is 61.4. The highest BCUT2D eigenvalue weighted by atomic mass is 16.6. The first-order valence-corrected chi connectivity index (χ1v) is 31.8. The molecule has 0 aliphatic carbocycles. The Morgan fingerprint density at radius 1 is 0.324 bits per heavy atom. The lowest BCUT2D eigenvalue weighted by Gasteiger charge is -2.15. The predicted molar refractivity (Wildman–Crippen MR) is 325 cm³/mol. The number of unbranched alkanes of at least 4 members (excludes halogenated alkanes) is 34. The molecule has 0 amide bonds. The Labute approximate surface area is 459 Å². The van der Waals surface area contributed by atoms with E-state index < -0.39 is 6.10 Å². The number of esters is 2. The zero-order valence-electron chi connectivity index (χ0n) is 48.8. The van der Waals surface area contributed by atoms with Gasteiger partial charge < -0.3 is 14.6 Å². The number of ether oxygens (including phenoxy) is 2. The van der Waals surface area contributed by atoms with E-state index in [0.29, 0.717) is 12.8 Å². The minimum atomic E-state index is -0.780. The van der Waals surface area contributed by atoms with Gasteiger partial charge in [0.1, 0.15) is 6.61 Å². The molecule has 0 aliphatic heterocycles. The van der Waals surface area contributed by atoms with E-state index in [0.717, 1.165) is 89.9 Å². The molecular weight excluding hydrogens is 909 g/mol. The summed E-state index contributed by atoms with van der Waals surface area (Å²) in [6.45, 7) is 4.01. The molecule has 1 atom stereocenters. The van der Waals surface area contributed by atoms with Crippen molar-refractivity contribution in [3.05, 3.63) is 97.2 Å². The number of aliphatic hydroxyl groups excluding tert-OH is 1. The normalized spacial score (nSPS) is 12.9. The molecule has 0 aliphatic rings. The third-order valence-electron chi connectivity index (χ3n) is 13.9. The van der Waals surface area contributed by atoms with Crippen LogP contribution in [0, 0.1) is 0 Å². The van der Waals surface area contributed by atoms with Gasteiger partial charge in [0.05, 0.1) is 6.61 Å². The number of hydrogen-bond donors (Lipinski definition) is 1. The van der Waals surface area contributed by atoms with E-state index in [-0.39, 0.29) is 25.2 Å². The molecule has 0 spiro atoms. The van der Waals surface area contributed by atoms with Crippen molar-refractivity contribution in [3.8, 4) is 0 Å². The van der Waals surface area contributed by atoms with Crippen LogP contribution in [0.15, 0.2) is 97.2 Å². The van der Waals surface area contributed by atoms with Gasteiger partial charge in [0.2, 0.25) is 0 Å². The van der Waals surface area contributed by atoms with Crippen molar-refractivity contribution in [1.82, 2.24) is 0 Å². The SMILES string of the molecule is CC/C=C\C/C=C\C/C=C\C/C=C\C/C=C\CCCCCCCCCCCCCCCCCCCCCCCCCCCC(=O)OC(CO)COC(=O)CCCCCCCC/C=C\C/C=C\C/C=C\CCCCC. The largest absolute Gasteiger partial charge is 0.462 e. The van der Waals surface area contributed by atoms with Crippen molar-refractivity contribution in [2.24, 2.45) is 0 Å². The molecular formula is C69H120O5. The Morgan fingerprint density at radius 2 is 0.581 bits per heavy atom. The van der Waals surface area contributed by atoms with Gasteiger partial charge in [-0.05, 0) is 96.3 Å². The summed E-state index contributed by atoms with van der Waals surface area (Å²) in [4.78, 5) is 24.5. The summed E-state index contributed by atoms with van der Waals surface area (Å²) >= 11 is 0. The molecule has 5 nitrogen and oxygen atoms in total. The molecule has 426 valence electrons. The first kappa shape index (κ1) is 70.8. The van der Waals surface area contributed by atoms with Crippen LogP contribution < -0.4 is 0 Å². The maximum atomic E-state index is 12.3. The highest BCUT2D eigenvalue weighted by Gasteiger charge is 2.16. The fourth-order valence-corrected chi connectivity index (χ4v) is 9.12. The topological polar surface area (TPSA) is 72.8 Å². The molecule has 5 heteroatoms. The van der Waals surface area contributed by atoms with Crippen molar-refractivity contribution >= 4 is 11.9 Å². The van der Waals surface area contributed by atoms with Gasteiger partial charge in [0.25, 0.3) is 0 Å². The number of hydrogen-bond acceptors (Lipinski definition) is 5. The molecule has 74 heavy (non-hydrogen) atoms. The summed E-state index contributed by atoms with van der Waals surface area (Å²) < 4.78 is 10.7. The lowest BCUT2D eigenvalue weighted by molar-refractivity contribution is -0.161. The third kappa shape index (κ3) is 61.4. The minimum absolute atomic E-state index is 0.0726. The first-order valence-electron chi connectivity index (χ1n) is 31.8.